The zero-order chi connectivity index (χ0) is 42.1. The molecule has 0 bridgehead atoms. The Morgan fingerprint density at radius 1 is 0.633 bits per heavy atom. The third-order valence-corrected chi connectivity index (χ3v) is 9.44. The summed E-state index contributed by atoms with van der Waals surface area (Å²) in [5.41, 5.74) is 8.03. The number of hydrogen-bond acceptors (Lipinski definition) is 12. The van der Waals surface area contributed by atoms with Gasteiger partial charge in [0.2, 0.25) is 0 Å². The van der Waals surface area contributed by atoms with Crippen molar-refractivity contribution >= 4 is 56.8 Å². The maximum Gasteiger partial charge on any atom is 0.343 e. The lowest BCUT2D eigenvalue weighted by Gasteiger charge is -2.12. The van der Waals surface area contributed by atoms with Crippen LogP contribution in [0.3, 0.4) is 0 Å². The summed E-state index contributed by atoms with van der Waals surface area (Å²) in [5, 5.41) is 31.5. The van der Waals surface area contributed by atoms with Gasteiger partial charge in [0, 0.05) is 36.1 Å². The Labute approximate surface area is 349 Å². The summed E-state index contributed by atoms with van der Waals surface area (Å²) in [4.78, 5) is 23.9. The second-order valence-electron chi connectivity index (χ2n) is 13.9. The summed E-state index contributed by atoms with van der Waals surface area (Å²) in [6.07, 6.45) is 4.75. The number of nitrogens with one attached hydrogen (secondary N) is 1. The fourth-order valence-corrected chi connectivity index (χ4v) is 6.15. The van der Waals surface area contributed by atoms with Crippen LogP contribution < -0.4 is 14.8 Å². The van der Waals surface area contributed by atoms with Crippen molar-refractivity contribution < 1.29 is 23.8 Å². The molecular weight excluding hydrogens is 755 g/mol. The van der Waals surface area contributed by atoms with E-state index in [-0.39, 0.29) is 0 Å². The largest absolute Gasteiger partial charge is 0.494 e. The number of ether oxygens (including phenoxy) is 3. The smallest absolute Gasteiger partial charge is 0.343 e. The number of rotatable bonds is 19. The van der Waals surface area contributed by atoms with Gasteiger partial charge < -0.3 is 19.5 Å². The Kier molecular flexibility index (Phi) is 15.1. The molecule has 0 aliphatic rings. The second-order valence-corrected chi connectivity index (χ2v) is 13.9. The molecule has 0 spiro atoms. The Hall–Kier alpha value is -7.34. The minimum atomic E-state index is -0.448. The zero-order valence-corrected chi connectivity index (χ0v) is 34.0. The summed E-state index contributed by atoms with van der Waals surface area (Å²) in [6.45, 7) is 8.86. The second kappa shape index (κ2) is 21.4. The van der Waals surface area contributed by atoms with E-state index in [0.717, 1.165) is 87.3 Å². The number of esters is 2. The quantitative estimate of drug-likeness (QED) is 0.0283. The molecule has 0 aliphatic carbocycles. The molecule has 60 heavy (non-hydrogen) atoms. The molecule has 0 aromatic heterocycles. The number of fused-ring (bicyclic) bond motifs is 1. The molecule has 0 saturated heterocycles. The lowest BCUT2D eigenvalue weighted by atomic mass is 10.1. The van der Waals surface area contributed by atoms with Gasteiger partial charge in [0.25, 0.3) is 0 Å². The number of hydrogen-bond donors (Lipinski definition) is 1. The van der Waals surface area contributed by atoms with Gasteiger partial charge in [-0.2, -0.15) is 25.6 Å². The fourth-order valence-electron chi connectivity index (χ4n) is 6.15. The molecule has 12 nitrogen and oxygen atoms in total. The molecule has 0 aliphatic heterocycles. The number of anilines is 1. The summed E-state index contributed by atoms with van der Waals surface area (Å²) < 4.78 is 16.4. The molecule has 6 rings (SSSR count). The van der Waals surface area contributed by atoms with E-state index < -0.39 is 11.9 Å². The topological polar surface area (TPSA) is 148 Å². The lowest BCUT2D eigenvalue weighted by Crippen LogP contribution is -2.08. The number of aryl methyl sites for hydroxylation is 2. The molecular formula is C48H47N7O5. The highest BCUT2D eigenvalue weighted by molar-refractivity contribution is 6.00. The van der Waals surface area contributed by atoms with Crippen LogP contribution >= 0.6 is 0 Å². The van der Waals surface area contributed by atoms with Crippen LogP contribution in [0, 0.1) is 13.8 Å². The number of carbonyl (C=O) groups is 2. The maximum atomic E-state index is 12.8. The van der Waals surface area contributed by atoms with Crippen LogP contribution in [0.1, 0.15) is 52.7 Å². The zero-order valence-electron chi connectivity index (χ0n) is 34.0. The Morgan fingerprint density at radius 3 is 1.90 bits per heavy atom. The van der Waals surface area contributed by atoms with Gasteiger partial charge in [-0.05, 0) is 141 Å². The van der Waals surface area contributed by atoms with Crippen LogP contribution in [0.5, 0.6) is 11.5 Å². The van der Waals surface area contributed by atoms with Gasteiger partial charge in [0.05, 0.1) is 47.2 Å². The van der Waals surface area contributed by atoms with Gasteiger partial charge in [-0.1, -0.05) is 43.0 Å². The van der Waals surface area contributed by atoms with Crippen molar-refractivity contribution in [3.8, 4) is 11.5 Å². The van der Waals surface area contributed by atoms with Crippen molar-refractivity contribution in [2.75, 3.05) is 25.6 Å². The highest BCUT2D eigenvalue weighted by atomic mass is 16.5. The van der Waals surface area contributed by atoms with Gasteiger partial charge in [-0.25, -0.2) is 9.59 Å². The standard InChI is InChI=1S/C48H47N7O5/c1-5-47(56)59-29-11-7-6-10-28-58-39-24-16-36(17-25-39)48(57)60-40-22-14-35(15-23-40)32-50-43-26-27-44(42-13-9-8-12-41(42)43)53-55-46-31-33(2)45(30-34(46)3)54-52-38-20-18-37(19-21-38)51-49-4/h5,8-9,12-27,30-31,50H,1,6-7,10-11,28-29,32H2,2-4H3/b51-49+,54-52+,55-53+. The van der Waals surface area contributed by atoms with E-state index in [2.05, 4.69) is 48.6 Å². The Morgan fingerprint density at radius 2 is 1.23 bits per heavy atom. The van der Waals surface area contributed by atoms with Crippen LogP contribution in [0.2, 0.25) is 0 Å². The summed E-state index contributed by atoms with van der Waals surface area (Å²) in [5.74, 6) is 0.294. The first-order valence-electron chi connectivity index (χ1n) is 19.7. The molecule has 6 aromatic carbocycles. The molecule has 1 N–H and O–H groups in total. The SMILES string of the molecule is C=CC(=O)OCCCCCCOc1ccc(C(=O)Oc2ccc(CNc3ccc(/N=N/c4cc(C)c(/N=N/c5ccc(/N=N/C)cc5)cc4C)c4ccccc34)cc2)cc1. The Balaban J connectivity index is 0.995. The molecule has 304 valence electrons. The Bertz CT molecular complexity index is 2500. The van der Waals surface area contributed by atoms with E-state index in [9.17, 15) is 9.59 Å². The molecule has 0 fully saturated rings. The minimum Gasteiger partial charge on any atom is -0.494 e. The number of carbonyl (C=O) groups excluding carboxylic acids is 2. The molecule has 0 atom stereocenters. The normalized spacial score (nSPS) is 11.4. The first-order chi connectivity index (χ1) is 29.3. The maximum absolute atomic E-state index is 12.8. The minimum absolute atomic E-state index is 0.395. The predicted octanol–water partition coefficient (Wildman–Crippen LogP) is 13.5. The van der Waals surface area contributed by atoms with Crippen molar-refractivity contribution in [1.82, 2.24) is 0 Å². The third kappa shape index (κ3) is 12.1. The van der Waals surface area contributed by atoms with E-state index >= 15 is 0 Å². The van der Waals surface area contributed by atoms with E-state index in [4.69, 9.17) is 14.2 Å². The number of unbranched alkanes of at least 4 members (excludes halogenated alkanes) is 3. The van der Waals surface area contributed by atoms with Crippen LogP contribution in [0.25, 0.3) is 10.8 Å². The summed E-state index contributed by atoms with van der Waals surface area (Å²) in [7, 11) is 1.63. The van der Waals surface area contributed by atoms with E-state index in [1.165, 1.54) is 6.08 Å². The number of benzene rings is 6. The van der Waals surface area contributed by atoms with Crippen LogP contribution in [-0.2, 0) is 16.1 Å². The van der Waals surface area contributed by atoms with Crippen LogP contribution in [0.15, 0.2) is 165 Å². The summed E-state index contributed by atoms with van der Waals surface area (Å²) >= 11 is 0. The summed E-state index contributed by atoms with van der Waals surface area (Å²) in [6, 6.07) is 37.7. The van der Waals surface area contributed by atoms with Gasteiger partial charge in [-0.3, -0.25) is 0 Å². The molecule has 0 amide bonds. The molecule has 6 aromatic rings. The molecule has 0 radical (unpaired) electrons. The number of azo groups is 3. The fraction of sp³-hybridized carbons (Fsp3) is 0.208. The van der Waals surface area contributed by atoms with Crippen molar-refractivity contribution in [3.63, 3.8) is 0 Å². The lowest BCUT2D eigenvalue weighted by molar-refractivity contribution is -0.137. The molecule has 0 heterocycles. The van der Waals surface area contributed by atoms with E-state index in [0.29, 0.717) is 36.8 Å². The van der Waals surface area contributed by atoms with Gasteiger partial charge in [0.1, 0.15) is 11.5 Å². The van der Waals surface area contributed by atoms with E-state index in [1.807, 2.05) is 92.7 Å². The van der Waals surface area contributed by atoms with Crippen LogP contribution in [0.4, 0.5) is 34.1 Å². The third-order valence-electron chi connectivity index (χ3n) is 9.44. The van der Waals surface area contributed by atoms with Crippen molar-refractivity contribution in [1.29, 1.82) is 0 Å². The molecule has 12 heteroatoms. The van der Waals surface area contributed by atoms with Gasteiger partial charge in [0.15, 0.2) is 0 Å². The first kappa shape index (κ1) is 42.3. The highest BCUT2D eigenvalue weighted by Gasteiger charge is 2.11. The van der Waals surface area contributed by atoms with Gasteiger partial charge in [-0.15, -0.1) is 5.11 Å². The van der Waals surface area contributed by atoms with Crippen molar-refractivity contribution in [2.24, 2.45) is 30.7 Å². The average Bonchev–Trinajstić information content (AvgIpc) is 3.27. The predicted molar refractivity (Wildman–Crippen MR) is 235 cm³/mol. The first-order valence-corrected chi connectivity index (χ1v) is 19.7. The monoisotopic (exact) mass is 801 g/mol. The highest BCUT2D eigenvalue weighted by Crippen LogP contribution is 2.35. The van der Waals surface area contributed by atoms with Crippen molar-refractivity contribution in [2.45, 2.75) is 46.1 Å². The van der Waals surface area contributed by atoms with E-state index in [1.54, 1.807) is 43.4 Å². The molecule has 0 saturated carbocycles. The van der Waals surface area contributed by atoms with Crippen LogP contribution in [-0.4, -0.2) is 32.2 Å². The average molecular weight is 802 g/mol. The van der Waals surface area contributed by atoms with Crippen molar-refractivity contribution in [3.05, 3.63) is 156 Å². The number of nitrogens with zero attached hydrogens (tertiary/aromatic N) is 6. The molecule has 0 unspecified atom stereocenters. The van der Waals surface area contributed by atoms with Gasteiger partial charge >= 0.3 is 11.9 Å².